The number of hydrogen-bond donors (Lipinski definition) is 1. The molecule has 3 rings (SSSR count). The van der Waals surface area contributed by atoms with Crippen molar-refractivity contribution in [3.8, 4) is 11.5 Å². The summed E-state index contributed by atoms with van der Waals surface area (Å²) in [6.07, 6.45) is 1.31. The van der Waals surface area contributed by atoms with Gasteiger partial charge in [-0.3, -0.25) is 0 Å². The first-order chi connectivity index (χ1) is 9.33. The fraction of sp³-hybridized carbons (Fsp3) is 0.571. The average molecular weight is 297 g/mol. The molecule has 110 valence electrons. The smallest absolute Gasteiger partial charge is 0.246 e. The zero-order valence-electron chi connectivity index (χ0n) is 11.7. The van der Waals surface area contributed by atoms with Crippen LogP contribution in [0.5, 0.6) is 11.5 Å². The van der Waals surface area contributed by atoms with Gasteiger partial charge in [0.25, 0.3) is 0 Å². The Balaban J connectivity index is 1.68. The maximum atomic E-state index is 11.4. The summed E-state index contributed by atoms with van der Waals surface area (Å²) >= 11 is 0. The molecule has 0 aliphatic carbocycles. The highest BCUT2D eigenvalue weighted by molar-refractivity contribution is 7.91. The van der Waals surface area contributed by atoms with Crippen LogP contribution in [0, 0.1) is 0 Å². The minimum atomic E-state index is -2.82. The second-order valence-electron chi connectivity index (χ2n) is 5.84. The molecule has 5 nitrogen and oxygen atoms in total. The van der Waals surface area contributed by atoms with Crippen LogP contribution in [0.25, 0.3) is 0 Å². The van der Waals surface area contributed by atoms with Gasteiger partial charge in [-0.2, -0.15) is 0 Å². The Morgan fingerprint density at radius 1 is 1.15 bits per heavy atom. The summed E-state index contributed by atoms with van der Waals surface area (Å²) in [5, 5.41) is 3.38. The minimum absolute atomic E-state index is 0.201. The zero-order valence-corrected chi connectivity index (χ0v) is 12.5. The molecule has 2 aliphatic rings. The van der Waals surface area contributed by atoms with Gasteiger partial charge in [-0.25, -0.2) is 8.42 Å². The Morgan fingerprint density at radius 3 is 2.50 bits per heavy atom. The van der Waals surface area contributed by atoms with E-state index < -0.39 is 15.6 Å². The van der Waals surface area contributed by atoms with E-state index in [1.165, 1.54) is 0 Å². The lowest BCUT2D eigenvalue weighted by atomic mass is 10.1. The lowest BCUT2D eigenvalue weighted by Gasteiger charge is -2.24. The zero-order chi connectivity index (χ0) is 14.4. The first kappa shape index (κ1) is 13.5. The maximum absolute atomic E-state index is 11.4. The number of fused-ring (bicyclic) bond motifs is 1. The molecule has 1 fully saturated rings. The van der Waals surface area contributed by atoms with Crippen molar-refractivity contribution in [2.45, 2.75) is 38.5 Å². The number of ether oxygens (including phenoxy) is 2. The molecular weight excluding hydrogens is 278 g/mol. The molecule has 0 saturated carbocycles. The van der Waals surface area contributed by atoms with E-state index in [2.05, 4.69) is 5.32 Å². The molecule has 0 atom stereocenters. The standard InChI is InChI=1S/C14H19NO4S/c1-14(2)18-12-4-3-11(9-13(12)19-14)15-10-5-7-20(16,17)8-6-10/h3-4,9-10,15H,5-8H2,1-2H3. The molecule has 1 saturated heterocycles. The molecule has 20 heavy (non-hydrogen) atoms. The topological polar surface area (TPSA) is 64.6 Å². The highest BCUT2D eigenvalue weighted by Crippen LogP contribution is 2.40. The lowest BCUT2D eigenvalue weighted by Crippen LogP contribution is -2.32. The minimum Gasteiger partial charge on any atom is -0.449 e. The van der Waals surface area contributed by atoms with Crippen LogP contribution >= 0.6 is 0 Å². The van der Waals surface area contributed by atoms with Gasteiger partial charge in [0.2, 0.25) is 5.79 Å². The summed E-state index contributed by atoms with van der Waals surface area (Å²) in [4.78, 5) is 0. The van der Waals surface area contributed by atoms with Gasteiger partial charge in [-0.15, -0.1) is 0 Å². The van der Waals surface area contributed by atoms with Crippen LogP contribution in [0.2, 0.25) is 0 Å². The van der Waals surface area contributed by atoms with Crippen LogP contribution in [0.3, 0.4) is 0 Å². The molecule has 0 aromatic heterocycles. The second kappa shape index (κ2) is 4.55. The predicted molar refractivity (Wildman–Crippen MR) is 77.1 cm³/mol. The first-order valence-electron chi connectivity index (χ1n) is 6.82. The normalized spacial score (nSPS) is 23.5. The van der Waals surface area contributed by atoms with Crippen molar-refractivity contribution in [2.75, 3.05) is 16.8 Å². The quantitative estimate of drug-likeness (QED) is 0.906. The van der Waals surface area contributed by atoms with Crippen molar-refractivity contribution in [3.63, 3.8) is 0 Å². The molecule has 6 heteroatoms. The van der Waals surface area contributed by atoms with E-state index in [1.807, 2.05) is 32.0 Å². The number of nitrogens with one attached hydrogen (secondary N) is 1. The molecule has 0 radical (unpaired) electrons. The summed E-state index contributed by atoms with van der Waals surface area (Å²) in [6.45, 7) is 3.73. The Labute approximate surface area is 119 Å². The van der Waals surface area contributed by atoms with E-state index in [-0.39, 0.29) is 17.5 Å². The van der Waals surface area contributed by atoms with Crippen molar-refractivity contribution in [2.24, 2.45) is 0 Å². The fourth-order valence-corrected chi connectivity index (χ4v) is 4.07. The van der Waals surface area contributed by atoms with Crippen LogP contribution in [0.4, 0.5) is 5.69 Å². The predicted octanol–water partition coefficient (Wildman–Crippen LogP) is 2.18. The van der Waals surface area contributed by atoms with E-state index in [9.17, 15) is 8.42 Å². The Hall–Kier alpha value is -1.43. The van der Waals surface area contributed by atoms with Gasteiger partial charge in [-0.1, -0.05) is 0 Å². The number of benzene rings is 1. The van der Waals surface area contributed by atoms with Crippen molar-refractivity contribution in [3.05, 3.63) is 18.2 Å². The van der Waals surface area contributed by atoms with E-state index in [0.717, 1.165) is 17.2 Å². The second-order valence-corrected chi connectivity index (χ2v) is 8.14. The molecule has 2 heterocycles. The van der Waals surface area contributed by atoms with E-state index >= 15 is 0 Å². The lowest BCUT2D eigenvalue weighted by molar-refractivity contribution is -0.0431. The fourth-order valence-electron chi connectivity index (χ4n) is 2.58. The molecular formula is C14H19NO4S. The summed E-state index contributed by atoms with van der Waals surface area (Å²) in [7, 11) is -2.82. The van der Waals surface area contributed by atoms with Crippen molar-refractivity contribution in [1.29, 1.82) is 0 Å². The van der Waals surface area contributed by atoms with Crippen LogP contribution in [0.15, 0.2) is 18.2 Å². The average Bonchev–Trinajstić information content (AvgIpc) is 2.65. The monoisotopic (exact) mass is 297 g/mol. The third-order valence-electron chi connectivity index (χ3n) is 3.58. The number of hydrogen-bond acceptors (Lipinski definition) is 5. The van der Waals surface area contributed by atoms with Crippen LogP contribution < -0.4 is 14.8 Å². The summed E-state index contributed by atoms with van der Waals surface area (Å²) in [5.74, 6) is 1.37. The molecule has 0 amide bonds. The molecule has 1 aromatic carbocycles. The Bertz CT molecular complexity index is 610. The summed E-state index contributed by atoms with van der Waals surface area (Å²) in [5.41, 5.74) is 0.939. The molecule has 0 spiro atoms. The van der Waals surface area contributed by atoms with Crippen molar-refractivity contribution >= 4 is 15.5 Å². The van der Waals surface area contributed by atoms with Gasteiger partial charge < -0.3 is 14.8 Å². The third kappa shape index (κ3) is 2.85. The summed E-state index contributed by atoms with van der Waals surface area (Å²) < 4.78 is 34.2. The van der Waals surface area contributed by atoms with E-state index in [4.69, 9.17) is 9.47 Å². The largest absolute Gasteiger partial charge is 0.449 e. The Kier molecular flexibility index (Phi) is 3.08. The highest BCUT2D eigenvalue weighted by atomic mass is 32.2. The van der Waals surface area contributed by atoms with E-state index in [0.29, 0.717) is 12.8 Å². The number of sulfone groups is 1. The highest BCUT2D eigenvalue weighted by Gasteiger charge is 2.32. The Morgan fingerprint density at radius 2 is 1.80 bits per heavy atom. The van der Waals surface area contributed by atoms with Crippen LogP contribution in [0.1, 0.15) is 26.7 Å². The van der Waals surface area contributed by atoms with Gasteiger partial charge in [-0.05, 0) is 25.0 Å². The molecule has 0 bridgehead atoms. The number of anilines is 1. The third-order valence-corrected chi connectivity index (χ3v) is 5.30. The maximum Gasteiger partial charge on any atom is 0.246 e. The van der Waals surface area contributed by atoms with E-state index in [1.54, 1.807) is 0 Å². The molecule has 1 N–H and O–H groups in total. The van der Waals surface area contributed by atoms with Crippen molar-refractivity contribution in [1.82, 2.24) is 0 Å². The van der Waals surface area contributed by atoms with Crippen molar-refractivity contribution < 1.29 is 17.9 Å². The van der Waals surface area contributed by atoms with Gasteiger partial charge in [0.1, 0.15) is 9.84 Å². The van der Waals surface area contributed by atoms with Gasteiger partial charge in [0, 0.05) is 31.6 Å². The number of rotatable bonds is 2. The van der Waals surface area contributed by atoms with Gasteiger partial charge >= 0.3 is 0 Å². The van der Waals surface area contributed by atoms with Crippen LogP contribution in [-0.4, -0.2) is 31.8 Å². The van der Waals surface area contributed by atoms with Gasteiger partial charge in [0.15, 0.2) is 11.5 Å². The molecule has 2 aliphatic heterocycles. The molecule has 1 aromatic rings. The SMILES string of the molecule is CC1(C)Oc2ccc(NC3CCS(=O)(=O)CC3)cc2O1. The molecule has 0 unspecified atom stereocenters. The van der Waals surface area contributed by atoms with Gasteiger partial charge in [0.05, 0.1) is 11.5 Å². The summed E-state index contributed by atoms with van der Waals surface area (Å²) in [6, 6.07) is 5.93. The first-order valence-corrected chi connectivity index (χ1v) is 8.64. The van der Waals surface area contributed by atoms with Crippen LogP contribution in [-0.2, 0) is 9.84 Å².